The zero-order chi connectivity index (χ0) is 13.4. The second-order valence-electron chi connectivity index (χ2n) is 3.21. The molecule has 5 nitrogen and oxygen atoms in total. The van der Waals surface area contributed by atoms with Crippen molar-refractivity contribution in [2.24, 2.45) is 0 Å². The molecule has 0 aliphatic rings. The van der Waals surface area contributed by atoms with Gasteiger partial charge in [-0.1, -0.05) is 41.5 Å². The number of hydrogen-bond acceptors (Lipinski definition) is 4. The Morgan fingerprint density at radius 2 is 1.71 bits per heavy atom. The van der Waals surface area contributed by atoms with Crippen LogP contribution in [-0.2, 0) is 0 Å². The van der Waals surface area contributed by atoms with Crippen LogP contribution in [0.5, 0.6) is 0 Å². The van der Waals surface area contributed by atoms with E-state index in [1.165, 1.54) is 6.33 Å². The number of nitrogens with two attached hydrogens (primary N) is 1. The molecular weight excluding hydrogens is 214 g/mol. The third-order valence-electron chi connectivity index (χ3n) is 1.91. The maximum absolute atomic E-state index is 5.66. The number of nitrogens with zero attached hydrogens (tertiary/aromatic N) is 4. The molecule has 0 fully saturated rings. The molecule has 0 bridgehead atoms. The van der Waals surface area contributed by atoms with E-state index in [-0.39, 0.29) is 0 Å². The number of nitrogen functional groups attached to an aromatic ring is 1. The summed E-state index contributed by atoms with van der Waals surface area (Å²) in [5, 5.41) is 4.09. The summed E-state index contributed by atoms with van der Waals surface area (Å²) in [6.07, 6.45) is 3.14. The van der Waals surface area contributed by atoms with Gasteiger partial charge in [-0.15, -0.1) is 0 Å². The van der Waals surface area contributed by atoms with Gasteiger partial charge in [-0.05, 0) is 0 Å². The first kappa shape index (κ1) is 15.3. The van der Waals surface area contributed by atoms with Crippen LogP contribution in [-0.4, -0.2) is 19.6 Å². The Hall–Kier alpha value is -1.65. The zero-order valence-corrected chi connectivity index (χ0v) is 11.6. The van der Waals surface area contributed by atoms with Gasteiger partial charge in [0.05, 0.1) is 6.20 Å². The molecule has 0 saturated carbocycles. The van der Waals surface area contributed by atoms with Crippen molar-refractivity contribution < 1.29 is 0 Å². The molecular formula is C12H23N5. The Kier molecular flexibility index (Phi) is 6.86. The Morgan fingerprint density at radius 1 is 1.12 bits per heavy atom. The molecule has 96 valence electrons. The summed E-state index contributed by atoms with van der Waals surface area (Å²) in [5.74, 6) is 1.70. The van der Waals surface area contributed by atoms with E-state index in [9.17, 15) is 0 Å². The molecule has 2 rings (SSSR count). The summed E-state index contributed by atoms with van der Waals surface area (Å²) in [5.41, 5.74) is 6.43. The van der Waals surface area contributed by atoms with Gasteiger partial charge in [-0.3, -0.25) is 0 Å². The highest BCUT2D eigenvalue weighted by Crippen LogP contribution is 2.16. The fourth-order valence-corrected chi connectivity index (χ4v) is 1.26. The first-order valence-corrected chi connectivity index (χ1v) is 6.14. The Bertz CT molecular complexity index is 433. The quantitative estimate of drug-likeness (QED) is 0.828. The molecule has 0 aromatic carbocycles. The minimum atomic E-state index is 0.330. The third-order valence-corrected chi connectivity index (χ3v) is 1.91. The van der Waals surface area contributed by atoms with E-state index in [2.05, 4.69) is 28.9 Å². The van der Waals surface area contributed by atoms with Crippen LogP contribution in [0.1, 0.15) is 53.3 Å². The molecule has 2 aromatic rings. The monoisotopic (exact) mass is 237 g/mol. The van der Waals surface area contributed by atoms with Crippen molar-refractivity contribution in [1.29, 1.82) is 0 Å². The Morgan fingerprint density at radius 3 is 2.24 bits per heavy atom. The van der Waals surface area contributed by atoms with Crippen LogP contribution in [0.15, 0.2) is 12.5 Å². The van der Waals surface area contributed by atoms with Gasteiger partial charge in [0.2, 0.25) is 0 Å². The molecule has 0 radical (unpaired) electrons. The molecule has 2 heterocycles. The number of hydrogen-bond donors (Lipinski definition) is 1. The van der Waals surface area contributed by atoms with Gasteiger partial charge in [0.15, 0.2) is 5.82 Å². The van der Waals surface area contributed by atoms with Crippen molar-refractivity contribution in [3.8, 4) is 0 Å². The molecule has 0 amide bonds. The molecule has 2 N–H and O–H groups in total. The van der Waals surface area contributed by atoms with Crippen molar-refractivity contribution >= 4 is 11.3 Å². The topological polar surface area (TPSA) is 69.1 Å². The number of fused-ring (bicyclic) bond motifs is 1. The van der Waals surface area contributed by atoms with Crippen molar-refractivity contribution in [2.45, 2.75) is 47.5 Å². The predicted molar refractivity (Wildman–Crippen MR) is 72.0 cm³/mol. The SMILES string of the molecule is CC.CC.CC(C)c1ncc2c(N)ncnn12. The molecule has 0 saturated heterocycles. The summed E-state index contributed by atoms with van der Waals surface area (Å²) >= 11 is 0. The number of anilines is 1. The Balaban J connectivity index is 0.000000581. The van der Waals surface area contributed by atoms with Gasteiger partial charge < -0.3 is 5.73 Å². The van der Waals surface area contributed by atoms with Crippen molar-refractivity contribution in [1.82, 2.24) is 19.6 Å². The van der Waals surface area contributed by atoms with Gasteiger partial charge >= 0.3 is 0 Å². The highest BCUT2D eigenvalue weighted by Gasteiger charge is 2.09. The van der Waals surface area contributed by atoms with E-state index in [0.717, 1.165) is 11.3 Å². The second-order valence-corrected chi connectivity index (χ2v) is 3.21. The van der Waals surface area contributed by atoms with Crippen molar-refractivity contribution in [2.75, 3.05) is 5.73 Å². The normalized spacial score (nSPS) is 9.35. The highest BCUT2D eigenvalue weighted by atomic mass is 15.3. The molecule has 0 aliphatic heterocycles. The van der Waals surface area contributed by atoms with Gasteiger partial charge in [-0.25, -0.2) is 14.5 Å². The van der Waals surface area contributed by atoms with Gasteiger partial charge in [0.25, 0.3) is 0 Å². The molecule has 0 unspecified atom stereocenters. The lowest BCUT2D eigenvalue weighted by Crippen LogP contribution is -2.03. The third kappa shape index (κ3) is 3.41. The van der Waals surface area contributed by atoms with E-state index in [4.69, 9.17) is 5.73 Å². The largest absolute Gasteiger partial charge is 0.382 e. The maximum atomic E-state index is 5.66. The Labute approximate surface area is 103 Å². The van der Waals surface area contributed by atoms with Crippen LogP contribution in [0.2, 0.25) is 0 Å². The molecule has 0 spiro atoms. The van der Waals surface area contributed by atoms with Crippen molar-refractivity contribution in [3.63, 3.8) is 0 Å². The first-order chi connectivity index (χ1) is 8.20. The van der Waals surface area contributed by atoms with E-state index in [1.54, 1.807) is 10.7 Å². The fourth-order valence-electron chi connectivity index (χ4n) is 1.26. The second kappa shape index (κ2) is 7.60. The molecule has 5 heteroatoms. The molecule has 17 heavy (non-hydrogen) atoms. The van der Waals surface area contributed by atoms with Crippen LogP contribution in [0.4, 0.5) is 5.82 Å². The summed E-state index contributed by atoms with van der Waals surface area (Å²) in [6.45, 7) is 12.1. The van der Waals surface area contributed by atoms with Gasteiger partial charge in [0, 0.05) is 5.92 Å². The fraction of sp³-hybridized carbons (Fsp3) is 0.583. The molecule has 0 atom stereocenters. The minimum absolute atomic E-state index is 0.330. The maximum Gasteiger partial charge on any atom is 0.153 e. The summed E-state index contributed by atoms with van der Waals surface area (Å²) in [7, 11) is 0. The van der Waals surface area contributed by atoms with E-state index < -0.39 is 0 Å². The molecule has 2 aromatic heterocycles. The number of imidazole rings is 1. The standard InChI is InChI=1S/C8H11N5.2C2H6/c1-5(2)8-10-3-6-7(9)11-4-12-13(6)8;2*1-2/h3-5H,1-2H3,(H2,9,11,12);2*1-2H3. The average molecular weight is 237 g/mol. The number of aromatic nitrogens is 4. The van der Waals surface area contributed by atoms with Crippen LogP contribution < -0.4 is 5.73 Å². The first-order valence-electron chi connectivity index (χ1n) is 6.14. The van der Waals surface area contributed by atoms with Crippen molar-refractivity contribution in [3.05, 3.63) is 18.3 Å². The van der Waals surface area contributed by atoms with E-state index >= 15 is 0 Å². The van der Waals surface area contributed by atoms with Crippen LogP contribution >= 0.6 is 0 Å². The lowest BCUT2D eigenvalue weighted by Gasteiger charge is -2.02. The van der Waals surface area contributed by atoms with E-state index in [1.807, 2.05) is 27.7 Å². The lowest BCUT2D eigenvalue weighted by atomic mass is 10.2. The van der Waals surface area contributed by atoms with Crippen LogP contribution in [0.3, 0.4) is 0 Å². The highest BCUT2D eigenvalue weighted by molar-refractivity contribution is 5.63. The minimum Gasteiger partial charge on any atom is -0.382 e. The van der Waals surface area contributed by atoms with Crippen LogP contribution in [0, 0.1) is 0 Å². The predicted octanol–water partition coefficient (Wildman–Crippen LogP) is 2.88. The smallest absolute Gasteiger partial charge is 0.153 e. The number of rotatable bonds is 1. The van der Waals surface area contributed by atoms with Gasteiger partial charge in [-0.2, -0.15) is 5.10 Å². The molecule has 0 aliphatic carbocycles. The summed E-state index contributed by atoms with van der Waals surface area (Å²) in [6, 6.07) is 0. The van der Waals surface area contributed by atoms with Gasteiger partial charge in [0.1, 0.15) is 17.7 Å². The average Bonchev–Trinajstić information content (AvgIpc) is 2.79. The van der Waals surface area contributed by atoms with Crippen LogP contribution in [0.25, 0.3) is 5.52 Å². The summed E-state index contributed by atoms with van der Waals surface area (Å²) in [4.78, 5) is 8.12. The van der Waals surface area contributed by atoms with E-state index in [0.29, 0.717) is 11.7 Å². The summed E-state index contributed by atoms with van der Waals surface area (Å²) < 4.78 is 1.73. The zero-order valence-electron chi connectivity index (χ0n) is 11.6. The lowest BCUT2D eigenvalue weighted by molar-refractivity contribution is 0.721.